The predicted octanol–water partition coefficient (Wildman–Crippen LogP) is 2.84. The van der Waals surface area contributed by atoms with Gasteiger partial charge in [-0.25, -0.2) is 0 Å². The molecule has 1 N–H and O–H groups in total. The van der Waals surface area contributed by atoms with E-state index >= 15 is 0 Å². The molecule has 132 valence electrons. The maximum absolute atomic E-state index is 12.4. The molecule has 6 heteroatoms. The molecule has 25 heavy (non-hydrogen) atoms. The van der Waals surface area contributed by atoms with Crippen LogP contribution < -0.4 is 10.2 Å². The zero-order valence-corrected chi connectivity index (χ0v) is 14.6. The van der Waals surface area contributed by atoms with E-state index in [-0.39, 0.29) is 17.7 Å². The van der Waals surface area contributed by atoms with Crippen LogP contribution in [-0.4, -0.2) is 43.9 Å². The van der Waals surface area contributed by atoms with Crippen LogP contribution in [0.15, 0.2) is 47.1 Å². The highest BCUT2D eigenvalue weighted by Gasteiger charge is 2.28. The van der Waals surface area contributed by atoms with Gasteiger partial charge in [-0.05, 0) is 49.2 Å². The summed E-state index contributed by atoms with van der Waals surface area (Å²) in [6.07, 6.45) is 2.82. The van der Waals surface area contributed by atoms with Gasteiger partial charge in [0.05, 0.1) is 6.26 Å². The lowest BCUT2D eigenvalue weighted by Crippen LogP contribution is -2.41. The number of carbonyl (C=O) groups is 2. The van der Waals surface area contributed by atoms with Crippen LogP contribution in [0, 0.1) is 5.92 Å². The lowest BCUT2D eigenvalue weighted by Gasteiger charge is -2.30. The Morgan fingerprint density at radius 1 is 1.12 bits per heavy atom. The average molecular weight is 341 g/mol. The molecule has 1 aromatic heterocycles. The predicted molar refractivity (Wildman–Crippen MR) is 96.7 cm³/mol. The molecule has 0 unspecified atom stereocenters. The molecule has 1 saturated heterocycles. The minimum atomic E-state index is -0.108. The number of anilines is 2. The lowest BCUT2D eigenvalue weighted by molar-refractivity contribution is -0.121. The van der Waals surface area contributed by atoms with E-state index in [1.165, 1.54) is 6.26 Å². The number of nitrogens with zero attached hydrogens (tertiary/aromatic N) is 2. The minimum Gasteiger partial charge on any atom is -0.459 e. The van der Waals surface area contributed by atoms with Crippen molar-refractivity contribution in [2.24, 2.45) is 5.92 Å². The van der Waals surface area contributed by atoms with E-state index in [2.05, 4.69) is 5.32 Å². The van der Waals surface area contributed by atoms with Gasteiger partial charge in [-0.1, -0.05) is 0 Å². The summed E-state index contributed by atoms with van der Waals surface area (Å²) in [5.74, 6) is 0.184. The summed E-state index contributed by atoms with van der Waals surface area (Å²) in [5, 5.41) is 2.97. The van der Waals surface area contributed by atoms with Crippen LogP contribution in [0.2, 0.25) is 0 Å². The second-order valence-corrected chi connectivity index (χ2v) is 6.47. The first-order valence-corrected chi connectivity index (χ1v) is 8.45. The molecule has 0 radical (unpaired) electrons. The molecule has 0 atom stereocenters. The Labute approximate surface area is 147 Å². The van der Waals surface area contributed by atoms with Gasteiger partial charge in [-0.2, -0.15) is 0 Å². The summed E-state index contributed by atoms with van der Waals surface area (Å²) >= 11 is 0. The topological polar surface area (TPSA) is 65.8 Å². The van der Waals surface area contributed by atoms with Crippen molar-refractivity contribution in [2.45, 2.75) is 12.8 Å². The molecule has 2 amide bonds. The zero-order valence-electron chi connectivity index (χ0n) is 14.6. The average Bonchev–Trinajstić information content (AvgIpc) is 3.16. The van der Waals surface area contributed by atoms with Crippen LogP contribution in [0.5, 0.6) is 0 Å². The standard InChI is InChI=1S/C19H23N3O3/c1-21(2)16-7-5-15(6-8-16)20-18(23)14-9-11-22(12-10-14)19(24)17-4-3-13-25-17/h3-8,13-14H,9-12H2,1-2H3,(H,20,23). The zero-order chi connectivity index (χ0) is 17.8. The van der Waals surface area contributed by atoms with E-state index < -0.39 is 0 Å². The molecule has 1 aromatic carbocycles. The molecule has 1 aliphatic heterocycles. The van der Waals surface area contributed by atoms with Crippen molar-refractivity contribution in [2.75, 3.05) is 37.4 Å². The third-order valence-corrected chi connectivity index (χ3v) is 4.54. The van der Waals surface area contributed by atoms with Crippen LogP contribution in [0.4, 0.5) is 11.4 Å². The van der Waals surface area contributed by atoms with Gasteiger partial charge in [-0.15, -0.1) is 0 Å². The quantitative estimate of drug-likeness (QED) is 0.929. The number of amides is 2. The Hall–Kier alpha value is -2.76. The Balaban J connectivity index is 1.52. The van der Waals surface area contributed by atoms with Crippen molar-refractivity contribution in [1.29, 1.82) is 0 Å². The lowest BCUT2D eigenvalue weighted by atomic mass is 9.95. The second kappa shape index (κ2) is 7.42. The monoisotopic (exact) mass is 341 g/mol. The van der Waals surface area contributed by atoms with Crippen LogP contribution >= 0.6 is 0 Å². The van der Waals surface area contributed by atoms with Crippen LogP contribution in [0.3, 0.4) is 0 Å². The largest absolute Gasteiger partial charge is 0.459 e. The molecule has 0 aliphatic carbocycles. The van der Waals surface area contributed by atoms with Crippen LogP contribution in [-0.2, 0) is 4.79 Å². The number of hydrogen-bond donors (Lipinski definition) is 1. The molecule has 0 spiro atoms. The van der Waals surface area contributed by atoms with E-state index in [9.17, 15) is 9.59 Å². The van der Waals surface area contributed by atoms with Gasteiger partial charge in [0.15, 0.2) is 5.76 Å². The van der Waals surface area contributed by atoms with E-state index in [1.54, 1.807) is 17.0 Å². The number of furan rings is 1. The van der Waals surface area contributed by atoms with Crippen molar-refractivity contribution >= 4 is 23.2 Å². The molecule has 2 heterocycles. The maximum Gasteiger partial charge on any atom is 0.289 e. The molecule has 1 aliphatic rings. The fourth-order valence-corrected chi connectivity index (χ4v) is 2.99. The van der Waals surface area contributed by atoms with E-state index in [0.717, 1.165) is 11.4 Å². The molecule has 1 fully saturated rings. The molecule has 0 bridgehead atoms. The normalized spacial score (nSPS) is 15.0. The molecular weight excluding hydrogens is 318 g/mol. The van der Waals surface area contributed by atoms with Gasteiger partial charge >= 0.3 is 0 Å². The van der Waals surface area contributed by atoms with Crippen molar-refractivity contribution in [1.82, 2.24) is 4.90 Å². The molecule has 0 saturated carbocycles. The fourth-order valence-electron chi connectivity index (χ4n) is 2.99. The first-order chi connectivity index (χ1) is 12.0. The highest BCUT2D eigenvalue weighted by atomic mass is 16.3. The first-order valence-electron chi connectivity index (χ1n) is 8.45. The maximum atomic E-state index is 12.4. The molecular formula is C19H23N3O3. The minimum absolute atomic E-state index is 0.0164. The van der Waals surface area contributed by atoms with Gasteiger partial charge in [0, 0.05) is 44.5 Å². The SMILES string of the molecule is CN(C)c1ccc(NC(=O)C2CCN(C(=O)c3ccco3)CC2)cc1. The third kappa shape index (κ3) is 4.02. The number of piperidine rings is 1. The Morgan fingerprint density at radius 2 is 1.80 bits per heavy atom. The van der Waals surface area contributed by atoms with Crippen LogP contribution in [0.25, 0.3) is 0 Å². The third-order valence-electron chi connectivity index (χ3n) is 4.54. The first kappa shape index (κ1) is 17.1. The fraction of sp³-hybridized carbons (Fsp3) is 0.368. The van der Waals surface area contributed by atoms with Crippen molar-refractivity contribution in [3.05, 3.63) is 48.4 Å². The van der Waals surface area contributed by atoms with Gasteiger partial charge in [-0.3, -0.25) is 9.59 Å². The second-order valence-electron chi connectivity index (χ2n) is 6.47. The number of nitrogens with one attached hydrogen (secondary N) is 1. The highest BCUT2D eigenvalue weighted by molar-refractivity contribution is 5.94. The molecule has 2 aromatic rings. The summed E-state index contributed by atoms with van der Waals surface area (Å²) in [6, 6.07) is 11.1. The van der Waals surface area contributed by atoms with E-state index in [1.807, 2.05) is 43.3 Å². The van der Waals surface area contributed by atoms with Gasteiger partial charge < -0.3 is 19.5 Å². The Kier molecular flexibility index (Phi) is 5.07. The Bertz CT molecular complexity index is 715. The summed E-state index contributed by atoms with van der Waals surface area (Å²) in [5.41, 5.74) is 1.88. The highest BCUT2D eigenvalue weighted by Crippen LogP contribution is 2.22. The molecule has 6 nitrogen and oxygen atoms in total. The smallest absolute Gasteiger partial charge is 0.289 e. The van der Waals surface area contributed by atoms with Gasteiger partial charge in [0.25, 0.3) is 5.91 Å². The number of likely N-dealkylation sites (tertiary alicyclic amines) is 1. The number of hydrogen-bond acceptors (Lipinski definition) is 4. The molecule has 3 rings (SSSR count). The van der Waals surface area contributed by atoms with Crippen LogP contribution in [0.1, 0.15) is 23.4 Å². The van der Waals surface area contributed by atoms with E-state index in [0.29, 0.717) is 31.7 Å². The number of benzene rings is 1. The Morgan fingerprint density at radius 3 is 2.36 bits per heavy atom. The van der Waals surface area contributed by atoms with Crippen molar-refractivity contribution < 1.29 is 14.0 Å². The van der Waals surface area contributed by atoms with Crippen molar-refractivity contribution in [3.63, 3.8) is 0 Å². The summed E-state index contributed by atoms with van der Waals surface area (Å²) in [4.78, 5) is 28.4. The summed E-state index contributed by atoms with van der Waals surface area (Å²) < 4.78 is 5.15. The van der Waals surface area contributed by atoms with Gasteiger partial charge in [0.1, 0.15) is 0 Å². The number of rotatable bonds is 4. The number of carbonyl (C=O) groups excluding carboxylic acids is 2. The van der Waals surface area contributed by atoms with Crippen molar-refractivity contribution in [3.8, 4) is 0 Å². The van der Waals surface area contributed by atoms with E-state index in [4.69, 9.17) is 4.42 Å². The summed E-state index contributed by atoms with van der Waals surface area (Å²) in [7, 11) is 3.96. The van der Waals surface area contributed by atoms with Gasteiger partial charge in [0.2, 0.25) is 5.91 Å². The summed E-state index contributed by atoms with van der Waals surface area (Å²) in [6.45, 7) is 1.13.